The number of carbonyl (C=O) groups excluding carboxylic acids is 3. The lowest BCUT2D eigenvalue weighted by atomic mass is 10.0. The van der Waals surface area contributed by atoms with Gasteiger partial charge in [-0.1, -0.05) is 30.3 Å². The molecule has 6 heteroatoms. The molecule has 3 fully saturated rings. The molecule has 132 valence electrons. The quantitative estimate of drug-likeness (QED) is 0.792. The molecule has 3 aliphatic rings. The number of benzene rings is 1. The van der Waals surface area contributed by atoms with Gasteiger partial charge in [-0.2, -0.15) is 0 Å². The highest BCUT2D eigenvalue weighted by atomic mass is 16.2. The fourth-order valence-electron chi connectivity index (χ4n) is 4.43. The van der Waals surface area contributed by atoms with Crippen molar-refractivity contribution in [1.82, 2.24) is 14.7 Å². The Morgan fingerprint density at radius 1 is 0.880 bits per heavy atom. The molecule has 0 aromatic heterocycles. The average molecular weight is 341 g/mol. The van der Waals surface area contributed by atoms with Crippen LogP contribution in [0.3, 0.4) is 0 Å². The summed E-state index contributed by atoms with van der Waals surface area (Å²) in [5, 5.41) is 0. The largest absolute Gasteiger partial charge is 0.338 e. The van der Waals surface area contributed by atoms with Crippen molar-refractivity contribution < 1.29 is 14.4 Å². The number of likely N-dealkylation sites (tertiary alicyclic amines) is 1. The van der Waals surface area contributed by atoms with E-state index in [-0.39, 0.29) is 29.9 Å². The van der Waals surface area contributed by atoms with Gasteiger partial charge in [0.05, 0.1) is 6.04 Å². The lowest BCUT2D eigenvalue weighted by Gasteiger charge is -2.26. The van der Waals surface area contributed by atoms with Gasteiger partial charge in [0.1, 0.15) is 12.1 Å². The molecule has 0 N–H and O–H groups in total. The molecule has 1 aromatic carbocycles. The van der Waals surface area contributed by atoms with Crippen LogP contribution < -0.4 is 0 Å². The number of carbonyl (C=O) groups is 3. The molecule has 6 nitrogen and oxygen atoms in total. The summed E-state index contributed by atoms with van der Waals surface area (Å²) in [5.74, 6) is -0.304. The molecule has 3 heterocycles. The summed E-state index contributed by atoms with van der Waals surface area (Å²) in [5.41, 5.74) is 1.05. The lowest BCUT2D eigenvalue weighted by molar-refractivity contribution is -0.139. The summed E-state index contributed by atoms with van der Waals surface area (Å²) in [6.45, 7) is 4.51. The van der Waals surface area contributed by atoms with Gasteiger partial charge < -0.3 is 9.80 Å². The highest BCUT2D eigenvalue weighted by molar-refractivity contribution is 6.08. The van der Waals surface area contributed by atoms with Crippen molar-refractivity contribution in [2.75, 3.05) is 6.54 Å². The van der Waals surface area contributed by atoms with Gasteiger partial charge in [0.2, 0.25) is 5.91 Å². The Labute approximate surface area is 147 Å². The third kappa shape index (κ3) is 2.34. The summed E-state index contributed by atoms with van der Waals surface area (Å²) in [6, 6.07) is 8.48. The molecule has 1 unspecified atom stereocenters. The molecule has 3 aliphatic heterocycles. The Kier molecular flexibility index (Phi) is 3.78. The van der Waals surface area contributed by atoms with Gasteiger partial charge in [0, 0.05) is 12.6 Å². The zero-order valence-electron chi connectivity index (χ0n) is 14.6. The minimum Gasteiger partial charge on any atom is -0.338 e. The van der Waals surface area contributed by atoms with E-state index in [0.29, 0.717) is 19.4 Å². The van der Waals surface area contributed by atoms with E-state index >= 15 is 0 Å². The molecule has 0 radical (unpaired) electrons. The van der Waals surface area contributed by atoms with Gasteiger partial charge in [-0.15, -0.1) is 0 Å². The Morgan fingerprint density at radius 3 is 2.20 bits per heavy atom. The van der Waals surface area contributed by atoms with Gasteiger partial charge in [-0.3, -0.25) is 9.59 Å². The molecule has 25 heavy (non-hydrogen) atoms. The minimum absolute atomic E-state index is 0.0784. The van der Waals surface area contributed by atoms with E-state index < -0.39 is 12.1 Å². The smallest absolute Gasteiger partial charge is 0.328 e. The van der Waals surface area contributed by atoms with Crippen molar-refractivity contribution in [3.8, 4) is 0 Å². The van der Waals surface area contributed by atoms with Crippen LogP contribution >= 0.6 is 0 Å². The van der Waals surface area contributed by atoms with Crippen LogP contribution in [0.4, 0.5) is 4.79 Å². The number of nitrogens with zero attached hydrogens (tertiary/aromatic N) is 3. The Morgan fingerprint density at radius 2 is 1.56 bits per heavy atom. The number of urea groups is 1. The predicted molar refractivity (Wildman–Crippen MR) is 91.5 cm³/mol. The lowest BCUT2D eigenvalue weighted by Crippen LogP contribution is -2.47. The van der Waals surface area contributed by atoms with Gasteiger partial charge >= 0.3 is 6.03 Å². The van der Waals surface area contributed by atoms with Crippen LogP contribution in [0.1, 0.15) is 44.7 Å². The van der Waals surface area contributed by atoms with Gasteiger partial charge in [0.25, 0.3) is 5.91 Å². The first-order valence-corrected chi connectivity index (χ1v) is 9.01. The summed E-state index contributed by atoms with van der Waals surface area (Å²) in [7, 11) is 0. The molecule has 1 aromatic rings. The SMILES string of the molecule is CC(C)N1CCC(N2C(=O)[C@@H]3CC[C@@H](c4ccccc4)N3C2=O)C1=O. The monoisotopic (exact) mass is 341 g/mol. The van der Waals surface area contributed by atoms with Crippen LogP contribution in [0.2, 0.25) is 0 Å². The van der Waals surface area contributed by atoms with Crippen LogP contribution in [-0.2, 0) is 9.59 Å². The molecule has 3 atom stereocenters. The number of imide groups is 1. The number of fused-ring (bicyclic) bond motifs is 1. The molecular weight excluding hydrogens is 318 g/mol. The number of hydrogen-bond acceptors (Lipinski definition) is 3. The Bertz CT molecular complexity index is 718. The van der Waals surface area contributed by atoms with E-state index in [1.54, 1.807) is 9.80 Å². The normalized spacial score (nSPS) is 29.3. The molecule has 0 saturated carbocycles. The number of hydrogen-bond donors (Lipinski definition) is 0. The molecule has 0 bridgehead atoms. The van der Waals surface area contributed by atoms with Crippen molar-refractivity contribution in [3.63, 3.8) is 0 Å². The Balaban J connectivity index is 1.60. The van der Waals surface area contributed by atoms with Crippen LogP contribution in [0.15, 0.2) is 30.3 Å². The first-order chi connectivity index (χ1) is 12.0. The summed E-state index contributed by atoms with van der Waals surface area (Å²) in [6.07, 6.45) is 1.98. The van der Waals surface area contributed by atoms with E-state index in [1.807, 2.05) is 44.2 Å². The molecule has 0 aliphatic carbocycles. The molecule has 3 saturated heterocycles. The maximum absolute atomic E-state index is 13.1. The molecular formula is C19H23N3O3. The van der Waals surface area contributed by atoms with E-state index in [9.17, 15) is 14.4 Å². The van der Waals surface area contributed by atoms with Gasteiger partial charge in [-0.25, -0.2) is 9.69 Å². The first kappa shape index (κ1) is 16.1. The third-order valence-electron chi connectivity index (χ3n) is 5.67. The highest BCUT2D eigenvalue weighted by Crippen LogP contribution is 2.42. The van der Waals surface area contributed by atoms with Crippen LogP contribution in [0, 0.1) is 0 Å². The third-order valence-corrected chi connectivity index (χ3v) is 5.67. The van der Waals surface area contributed by atoms with Crippen LogP contribution in [0.25, 0.3) is 0 Å². The fraction of sp³-hybridized carbons (Fsp3) is 0.526. The molecule has 4 amide bonds. The summed E-state index contributed by atoms with van der Waals surface area (Å²) >= 11 is 0. The van der Waals surface area contributed by atoms with Crippen molar-refractivity contribution >= 4 is 17.8 Å². The van der Waals surface area contributed by atoms with Crippen molar-refractivity contribution in [2.45, 2.75) is 57.3 Å². The van der Waals surface area contributed by atoms with Gasteiger partial charge in [0.15, 0.2) is 0 Å². The van der Waals surface area contributed by atoms with E-state index in [1.165, 1.54) is 4.90 Å². The van der Waals surface area contributed by atoms with E-state index in [4.69, 9.17) is 0 Å². The highest BCUT2D eigenvalue weighted by Gasteiger charge is 2.56. The maximum Gasteiger partial charge on any atom is 0.328 e. The number of amides is 4. The second-order valence-electron chi connectivity index (χ2n) is 7.35. The topological polar surface area (TPSA) is 60.9 Å². The van der Waals surface area contributed by atoms with Crippen molar-refractivity contribution in [3.05, 3.63) is 35.9 Å². The minimum atomic E-state index is -0.635. The molecule has 0 spiro atoms. The molecule has 4 rings (SSSR count). The van der Waals surface area contributed by atoms with Crippen LogP contribution in [0.5, 0.6) is 0 Å². The van der Waals surface area contributed by atoms with E-state index in [2.05, 4.69) is 0 Å². The van der Waals surface area contributed by atoms with E-state index in [0.717, 1.165) is 12.0 Å². The summed E-state index contributed by atoms with van der Waals surface area (Å²) < 4.78 is 0. The first-order valence-electron chi connectivity index (χ1n) is 9.01. The maximum atomic E-state index is 13.1. The standard InChI is InChI=1S/C19H23N3O3/c1-12(2)20-11-10-16(17(20)23)22-18(24)15-9-8-14(21(15)19(22)25)13-6-4-3-5-7-13/h3-7,12,14-16H,8-11H2,1-2H3/t14-,15-,16?/m0/s1. The zero-order chi connectivity index (χ0) is 17.7. The van der Waals surface area contributed by atoms with Crippen molar-refractivity contribution in [2.24, 2.45) is 0 Å². The van der Waals surface area contributed by atoms with Gasteiger partial charge in [-0.05, 0) is 38.7 Å². The average Bonchev–Trinajstić information content (AvgIpc) is 3.25. The number of rotatable bonds is 3. The fourth-order valence-corrected chi connectivity index (χ4v) is 4.43. The van der Waals surface area contributed by atoms with Crippen LogP contribution in [-0.4, -0.2) is 57.2 Å². The predicted octanol–water partition coefficient (Wildman–Crippen LogP) is 2.16. The van der Waals surface area contributed by atoms with Crippen molar-refractivity contribution in [1.29, 1.82) is 0 Å². The second kappa shape index (κ2) is 5.86. The second-order valence-corrected chi connectivity index (χ2v) is 7.35. The summed E-state index contributed by atoms with van der Waals surface area (Å²) in [4.78, 5) is 43.3. The zero-order valence-corrected chi connectivity index (χ0v) is 14.6. The Hall–Kier alpha value is -2.37.